The number of rotatable bonds is 6. The fraction of sp³-hybridized carbons (Fsp3) is 0.588. The van der Waals surface area contributed by atoms with E-state index >= 15 is 0 Å². The van der Waals surface area contributed by atoms with Gasteiger partial charge in [0.2, 0.25) is 15.9 Å². The third-order valence-electron chi connectivity index (χ3n) is 4.45. The highest BCUT2D eigenvalue weighted by Gasteiger charge is 2.35. The van der Waals surface area contributed by atoms with Crippen molar-refractivity contribution in [3.8, 4) is 5.75 Å². The number of sulfonamides is 1. The number of carbonyl (C=O) groups excluding carboxylic acids is 1. The molecule has 7 nitrogen and oxygen atoms in total. The summed E-state index contributed by atoms with van der Waals surface area (Å²) in [6.07, 6.45) is 1.54. The molecule has 0 radical (unpaired) electrons. The van der Waals surface area contributed by atoms with E-state index in [1.807, 2.05) is 14.0 Å². The molecule has 0 aromatic heterocycles. The third kappa shape index (κ3) is 4.64. The first-order valence-corrected chi connectivity index (χ1v) is 10.2. The topological polar surface area (TPSA) is 70.2 Å². The number of methoxy groups -OCH3 is 1. The van der Waals surface area contributed by atoms with Gasteiger partial charge < -0.3 is 14.5 Å². The summed E-state index contributed by atoms with van der Waals surface area (Å²) in [6.45, 7) is 4.66. The minimum atomic E-state index is -3.61. The molecule has 1 saturated heterocycles. The number of carbonyl (C=O) groups is 1. The van der Waals surface area contributed by atoms with Crippen LogP contribution < -0.4 is 9.04 Å². The largest absolute Gasteiger partial charge is 0.497 e. The normalized spacial score (nSPS) is 17.2. The lowest BCUT2D eigenvalue weighted by atomic mass is 10.1. The van der Waals surface area contributed by atoms with E-state index in [2.05, 4.69) is 4.90 Å². The average molecular weight is 369 g/mol. The molecule has 0 saturated carbocycles. The SMILES string of the molecule is CCC(C(=O)N1CCN(C)CC1)N(c1ccc(OC)cc1)S(C)(=O)=O. The van der Waals surface area contributed by atoms with Crippen LogP contribution in [-0.4, -0.2) is 76.8 Å². The highest BCUT2D eigenvalue weighted by molar-refractivity contribution is 7.92. The predicted octanol–water partition coefficient (Wildman–Crippen LogP) is 1.01. The van der Waals surface area contributed by atoms with E-state index in [9.17, 15) is 13.2 Å². The molecule has 1 amide bonds. The molecule has 2 rings (SSSR count). The van der Waals surface area contributed by atoms with Gasteiger partial charge in [0.05, 0.1) is 19.1 Å². The molecule has 1 aliphatic rings. The lowest BCUT2D eigenvalue weighted by Crippen LogP contribution is -2.55. The fourth-order valence-corrected chi connectivity index (χ4v) is 4.22. The first-order valence-electron chi connectivity index (χ1n) is 8.38. The van der Waals surface area contributed by atoms with Gasteiger partial charge in [-0.3, -0.25) is 9.10 Å². The molecule has 0 bridgehead atoms. The zero-order valence-electron chi connectivity index (χ0n) is 15.3. The number of hydrogen-bond acceptors (Lipinski definition) is 5. The Labute approximate surface area is 150 Å². The second-order valence-corrected chi connectivity index (χ2v) is 8.17. The van der Waals surface area contributed by atoms with E-state index in [0.29, 0.717) is 30.9 Å². The maximum absolute atomic E-state index is 13.0. The van der Waals surface area contributed by atoms with Gasteiger partial charge in [0, 0.05) is 26.2 Å². The van der Waals surface area contributed by atoms with Gasteiger partial charge in [-0.05, 0) is 37.7 Å². The van der Waals surface area contributed by atoms with Crippen LogP contribution in [0.5, 0.6) is 5.75 Å². The van der Waals surface area contributed by atoms with E-state index in [1.54, 1.807) is 36.3 Å². The lowest BCUT2D eigenvalue weighted by Gasteiger charge is -2.37. The number of hydrogen-bond donors (Lipinski definition) is 0. The molecule has 140 valence electrons. The number of ether oxygens (including phenoxy) is 1. The molecule has 1 atom stereocenters. The smallest absolute Gasteiger partial charge is 0.246 e. The van der Waals surface area contributed by atoms with Gasteiger partial charge in [-0.1, -0.05) is 6.92 Å². The lowest BCUT2D eigenvalue weighted by molar-refractivity contribution is -0.134. The van der Waals surface area contributed by atoms with Crippen LogP contribution in [0.4, 0.5) is 5.69 Å². The zero-order chi connectivity index (χ0) is 18.6. The Morgan fingerprint density at radius 3 is 2.20 bits per heavy atom. The molecular formula is C17H27N3O4S. The van der Waals surface area contributed by atoms with Gasteiger partial charge in [0.1, 0.15) is 11.8 Å². The van der Waals surface area contributed by atoms with Crippen molar-refractivity contribution in [2.24, 2.45) is 0 Å². The summed E-state index contributed by atoms with van der Waals surface area (Å²) in [5.74, 6) is 0.493. The van der Waals surface area contributed by atoms with Crippen molar-refractivity contribution >= 4 is 21.6 Å². The monoisotopic (exact) mass is 369 g/mol. The molecule has 0 spiro atoms. The van der Waals surface area contributed by atoms with Crippen molar-refractivity contribution < 1.29 is 17.9 Å². The maximum Gasteiger partial charge on any atom is 0.246 e. The second kappa shape index (κ2) is 8.05. The Kier molecular flexibility index (Phi) is 6.29. The summed E-state index contributed by atoms with van der Waals surface area (Å²) in [5.41, 5.74) is 0.470. The predicted molar refractivity (Wildman–Crippen MR) is 98.5 cm³/mol. The zero-order valence-corrected chi connectivity index (χ0v) is 16.1. The molecule has 1 fully saturated rings. The number of nitrogens with zero attached hydrogens (tertiary/aromatic N) is 3. The average Bonchev–Trinajstić information content (AvgIpc) is 2.58. The first kappa shape index (κ1) is 19.5. The van der Waals surface area contributed by atoms with Crippen LogP contribution in [0.3, 0.4) is 0 Å². The molecular weight excluding hydrogens is 342 g/mol. The molecule has 0 aliphatic carbocycles. The summed E-state index contributed by atoms with van der Waals surface area (Å²) >= 11 is 0. The molecule has 8 heteroatoms. The van der Waals surface area contributed by atoms with Crippen LogP contribution in [0.15, 0.2) is 24.3 Å². The van der Waals surface area contributed by atoms with Crippen molar-refractivity contribution in [2.75, 3.05) is 50.9 Å². The fourth-order valence-electron chi connectivity index (χ4n) is 3.01. The van der Waals surface area contributed by atoms with Crippen molar-refractivity contribution in [1.82, 2.24) is 9.80 Å². The minimum absolute atomic E-state index is 0.142. The molecule has 1 aliphatic heterocycles. The van der Waals surface area contributed by atoms with Crippen molar-refractivity contribution in [1.29, 1.82) is 0 Å². The number of benzene rings is 1. The minimum Gasteiger partial charge on any atom is -0.497 e. The van der Waals surface area contributed by atoms with E-state index in [-0.39, 0.29) is 5.91 Å². The van der Waals surface area contributed by atoms with Gasteiger partial charge in [-0.2, -0.15) is 0 Å². The third-order valence-corrected chi connectivity index (χ3v) is 5.63. The number of likely N-dealkylation sites (N-methyl/N-ethyl adjacent to an activating group) is 1. The maximum atomic E-state index is 13.0. The van der Waals surface area contributed by atoms with Crippen LogP contribution in [0.1, 0.15) is 13.3 Å². The number of piperazine rings is 1. The van der Waals surface area contributed by atoms with E-state index < -0.39 is 16.1 Å². The molecule has 25 heavy (non-hydrogen) atoms. The van der Waals surface area contributed by atoms with E-state index in [1.165, 1.54) is 4.31 Å². The molecule has 1 unspecified atom stereocenters. The van der Waals surface area contributed by atoms with Gasteiger partial charge >= 0.3 is 0 Å². The highest BCUT2D eigenvalue weighted by Crippen LogP contribution is 2.26. The summed E-state index contributed by atoms with van der Waals surface area (Å²) in [6, 6.07) is 5.98. The summed E-state index contributed by atoms with van der Waals surface area (Å²) in [5, 5.41) is 0. The second-order valence-electron chi connectivity index (χ2n) is 6.31. The van der Waals surface area contributed by atoms with Crippen LogP contribution >= 0.6 is 0 Å². The Bertz CT molecular complexity index is 682. The van der Waals surface area contributed by atoms with Gasteiger partial charge in [-0.25, -0.2) is 8.42 Å². The summed E-state index contributed by atoms with van der Waals surface area (Å²) < 4.78 is 31.2. The molecule has 1 aromatic rings. The van der Waals surface area contributed by atoms with Crippen LogP contribution in [0, 0.1) is 0 Å². The Balaban J connectivity index is 2.32. The molecule has 1 aromatic carbocycles. The van der Waals surface area contributed by atoms with Gasteiger partial charge in [0.15, 0.2) is 0 Å². The van der Waals surface area contributed by atoms with E-state index in [4.69, 9.17) is 4.74 Å². The van der Waals surface area contributed by atoms with Gasteiger partial charge in [-0.15, -0.1) is 0 Å². The molecule has 0 N–H and O–H groups in total. The van der Waals surface area contributed by atoms with E-state index in [0.717, 1.165) is 19.3 Å². The highest BCUT2D eigenvalue weighted by atomic mass is 32.2. The van der Waals surface area contributed by atoms with Gasteiger partial charge in [0.25, 0.3) is 0 Å². The summed E-state index contributed by atoms with van der Waals surface area (Å²) in [7, 11) is -0.0449. The first-order chi connectivity index (χ1) is 11.8. The van der Waals surface area contributed by atoms with Crippen LogP contribution in [-0.2, 0) is 14.8 Å². The number of anilines is 1. The Hall–Kier alpha value is -1.80. The van der Waals surface area contributed by atoms with Crippen molar-refractivity contribution in [3.63, 3.8) is 0 Å². The summed E-state index contributed by atoms with van der Waals surface area (Å²) in [4.78, 5) is 16.9. The molecule has 1 heterocycles. The standard InChI is InChI=1S/C17H27N3O4S/c1-5-16(17(21)19-12-10-18(2)11-13-19)20(25(4,22)23)14-6-8-15(24-3)9-7-14/h6-9,16H,5,10-13H2,1-4H3. The number of amides is 1. The van der Waals surface area contributed by atoms with Crippen molar-refractivity contribution in [3.05, 3.63) is 24.3 Å². The van der Waals surface area contributed by atoms with Crippen LogP contribution in [0.2, 0.25) is 0 Å². The Morgan fingerprint density at radius 2 is 1.76 bits per heavy atom. The Morgan fingerprint density at radius 1 is 1.20 bits per heavy atom. The van der Waals surface area contributed by atoms with Crippen LogP contribution in [0.25, 0.3) is 0 Å². The van der Waals surface area contributed by atoms with Crippen molar-refractivity contribution in [2.45, 2.75) is 19.4 Å². The quantitative estimate of drug-likeness (QED) is 0.749.